The van der Waals surface area contributed by atoms with E-state index in [0.717, 1.165) is 33.4 Å². The number of hydrogen-bond donors (Lipinski definition) is 0. The molecule has 0 fully saturated rings. The summed E-state index contributed by atoms with van der Waals surface area (Å²) in [5.41, 5.74) is 4.54. The molecular formula is C21H18FN3O. The zero-order valence-corrected chi connectivity index (χ0v) is 14.6. The van der Waals surface area contributed by atoms with Crippen molar-refractivity contribution >= 4 is 11.0 Å². The molecule has 4 rings (SSSR count). The van der Waals surface area contributed by atoms with Crippen molar-refractivity contribution in [2.24, 2.45) is 7.05 Å². The number of fused-ring (bicyclic) bond motifs is 1. The van der Waals surface area contributed by atoms with Gasteiger partial charge in [0.25, 0.3) is 0 Å². The monoisotopic (exact) mass is 347 g/mol. The molecule has 2 aromatic heterocycles. The Hall–Kier alpha value is -3.21. The van der Waals surface area contributed by atoms with Crippen molar-refractivity contribution in [1.82, 2.24) is 14.8 Å². The molecule has 0 saturated carbocycles. The fraction of sp³-hybridized carbons (Fsp3) is 0.143. The summed E-state index contributed by atoms with van der Waals surface area (Å²) in [6, 6.07) is 18.4. The maximum atomic E-state index is 13.4. The van der Waals surface area contributed by atoms with Gasteiger partial charge in [-0.3, -0.25) is 4.68 Å². The maximum absolute atomic E-state index is 13.4. The van der Waals surface area contributed by atoms with Gasteiger partial charge in [0.15, 0.2) is 5.65 Å². The largest absolute Gasteiger partial charge is 0.473 e. The van der Waals surface area contributed by atoms with Crippen LogP contribution in [0.5, 0.6) is 5.88 Å². The molecule has 0 bridgehead atoms. The molecule has 0 atom stereocenters. The van der Waals surface area contributed by atoms with Gasteiger partial charge in [-0.05, 0) is 35.7 Å². The van der Waals surface area contributed by atoms with E-state index in [1.54, 1.807) is 10.7 Å². The highest BCUT2D eigenvalue weighted by molar-refractivity contribution is 5.95. The molecule has 0 unspecified atom stereocenters. The molecule has 0 N–H and O–H groups in total. The third-order valence-electron chi connectivity index (χ3n) is 4.31. The first-order valence-electron chi connectivity index (χ1n) is 8.39. The van der Waals surface area contributed by atoms with E-state index in [2.05, 4.69) is 22.2 Å². The van der Waals surface area contributed by atoms with E-state index >= 15 is 0 Å². The van der Waals surface area contributed by atoms with Gasteiger partial charge in [-0.25, -0.2) is 4.39 Å². The predicted octanol–water partition coefficient (Wildman–Crippen LogP) is 4.66. The van der Waals surface area contributed by atoms with Crippen LogP contribution in [-0.2, 0) is 13.7 Å². The third-order valence-corrected chi connectivity index (χ3v) is 4.31. The number of rotatable bonds is 4. The summed E-state index contributed by atoms with van der Waals surface area (Å²) in [5, 5.41) is 5.51. The number of halogens is 1. The smallest absolute Gasteiger partial charge is 0.216 e. The van der Waals surface area contributed by atoms with Crippen LogP contribution in [0.1, 0.15) is 11.3 Å². The molecule has 2 heterocycles. The van der Waals surface area contributed by atoms with Crippen LogP contribution < -0.4 is 4.74 Å². The van der Waals surface area contributed by atoms with E-state index in [4.69, 9.17) is 4.74 Å². The van der Waals surface area contributed by atoms with Crippen LogP contribution in [0.25, 0.3) is 22.2 Å². The van der Waals surface area contributed by atoms with Gasteiger partial charge >= 0.3 is 0 Å². The van der Waals surface area contributed by atoms with Crippen LogP contribution in [0.15, 0.2) is 60.7 Å². The summed E-state index contributed by atoms with van der Waals surface area (Å²) in [5.74, 6) is 0.213. The molecule has 0 aliphatic rings. The Bertz CT molecular complexity index is 1070. The molecule has 0 amide bonds. The van der Waals surface area contributed by atoms with Gasteiger partial charge in [0.2, 0.25) is 5.88 Å². The first kappa shape index (κ1) is 16.3. The number of benzene rings is 2. The number of hydrogen-bond acceptors (Lipinski definition) is 3. The van der Waals surface area contributed by atoms with Crippen molar-refractivity contribution in [3.63, 3.8) is 0 Å². The van der Waals surface area contributed by atoms with Crippen LogP contribution in [-0.4, -0.2) is 14.8 Å². The third kappa shape index (κ3) is 3.04. The molecule has 5 heteroatoms. The molecule has 0 aliphatic heterocycles. The first-order chi connectivity index (χ1) is 12.6. The lowest BCUT2D eigenvalue weighted by Gasteiger charge is -2.10. The molecule has 0 aliphatic carbocycles. The SMILES string of the molecule is Cc1nn(C)c2nc(OCc3cccc(F)c3)cc(-c3ccccc3)c12. The summed E-state index contributed by atoms with van der Waals surface area (Å²) in [4.78, 5) is 4.60. The van der Waals surface area contributed by atoms with Gasteiger partial charge in [-0.2, -0.15) is 10.1 Å². The zero-order chi connectivity index (χ0) is 18.1. The second kappa shape index (κ2) is 6.59. The summed E-state index contributed by atoms with van der Waals surface area (Å²) in [6.45, 7) is 2.23. The van der Waals surface area contributed by atoms with Crippen molar-refractivity contribution in [2.45, 2.75) is 13.5 Å². The van der Waals surface area contributed by atoms with Gasteiger partial charge in [0, 0.05) is 13.1 Å². The summed E-state index contributed by atoms with van der Waals surface area (Å²) in [7, 11) is 1.87. The second-order valence-corrected chi connectivity index (χ2v) is 6.20. The van der Waals surface area contributed by atoms with E-state index in [9.17, 15) is 4.39 Å². The van der Waals surface area contributed by atoms with E-state index < -0.39 is 0 Å². The lowest BCUT2D eigenvalue weighted by molar-refractivity contribution is 0.294. The van der Waals surface area contributed by atoms with E-state index in [1.165, 1.54) is 12.1 Å². The van der Waals surface area contributed by atoms with Gasteiger partial charge < -0.3 is 4.74 Å². The van der Waals surface area contributed by atoms with Gasteiger partial charge in [0.05, 0.1) is 11.1 Å². The zero-order valence-electron chi connectivity index (χ0n) is 14.6. The summed E-state index contributed by atoms with van der Waals surface area (Å²) in [6.07, 6.45) is 0. The van der Waals surface area contributed by atoms with E-state index in [1.807, 2.05) is 44.3 Å². The van der Waals surface area contributed by atoms with Crippen molar-refractivity contribution in [1.29, 1.82) is 0 Å². The van der Waals surface area contributed by atoms with Crippen molar-refractivity contribution in [3.8, 4) is 17.0 Å². The first-order valence-corrected chi connectivity index (χ1v) is 8.39. The Morgan fingerprint density at radius 1 is 1.04 bits per heavy atom. The van der Waals surface area contributed by atoms with E-state index in [-0.39, 0.29) is 12.4 Å². The quantitative estimate of drug-likeness (QED) is 0.539. The molecule has 0 radical (unpaired) electrons. The summed E-state index contributed by atoms with van der Waals surface area (Å²) < 4.78 is 21.0. The fourth-order valence-electron chi connectivity index (χ4n) is 3.13. The normalized spacial score (nSPS) is 11.0. The number of ether oxygens (including phenoxy) is 1. The Kier molecular flexibility index (Phi) is 4.13. The molecule has 4 nitrogen and oxygen atoms in total. The van der Waals surface area contributed by atoms with Gasteiger partial charge in [0.1, 0.15) is 12.4 Å². The standard InChI is InChI=1S/C21H18FN3O/c1-14-20-18(16-8-4-3-5-9-16)12-19(23-21(20)25(2)24-14)26-13-15-7-6-10-17(22)11-15/h3-12H,13H2,1-2H3. The van der Waals surface area contributed by atoms with Gasteiger partial charge in [-0.1, -0.05) is 42.5 Å². The average Bonchev–Trinajstić information content (AvgIpc) is 2.94. The molecular weight excluding hydrogens is 329 g/mol. The van der Waals surface area contributed by atoms with Crippen LogP contribution in [0.4, 0.5) is 4.39 Å². The minimum absolute atomic E-state index is 0.251. The maximum Gasteiger partial charge on any atom is 0.216 e. The molecule has 130 valence electrons. The number of aryl methyl sites for hydroxylation is 2. The van der Waals surface area contributed by atoms with Crippen molar-refractivity contribution in [3.05, 3.63) is 77.7 Å². The van der Waals surface area contributed by atoms with Crippen LogP contribution in [0, 0.1) is 12.7 Å². The van der Waals surface area contributed by atoms with Gasteiger partial charge in [-0.15, -0.1) is 0 Å². The van der Waals surface area contributed by atoms with Crippen molar-refractivity contribution < 1.29 is 9.13 Å². The Labute approximate surface area is 150 Å². The number of pyridine rings is 1. The highest BCUT2D eigenvalue weighted by atomic mass is 19.1. The van der Waals surface area contributed by atoms with Crippen LogP contribution in [0.3, 0.4) is 0 Å². The lowest BCUT2D eigenvalue weighted by Crippen LogP contribution is -2.00. The Morgan fingerprint density at radius 2 is 1.85 bits per heavy atom. The molecule has 0 spiro atoms. The Morgan fingerprint density at radius 3 is 2.62 bits per heavy atom. The average molecular weight is 347 g/mol. The van der Waals surface area contributed by atoms with Crippen molar-refractivity contribution in [2.75, 3.05) is 0 Å². The van der Waals surface area contributed by atoms with Crippen LogP contribution in [0.2, 0.25) is 0 Å². The Balaban J connectivity index is 1.77. The predicted molar refractivity (Wildman–Crippen MR) is 99.4 cm³/mol. The van der Waals surface area contributed by atoms with E-state index in [0.29, 0.717) is 5.88 Å². The number of aromatic nitrogens is 3. The highest BCUT2D eigenvalue weighted by Gasteiger charge is 2.15. The van der Waals surface area contributed by atoms with Crippen LogP contribution >= 0.6 is 0 Å². The fourth-order valence-corrected chi connectivity index (χ4v) is 3.13. The molecule has 4 aromatic rings. The lowest BCUT2D eigenvalue weighted by atomic mass is 10.0. The minimum Gasteiger partial charge on any atom is -0.473 e. The molecule has 0 saturated heterocycles. The minimum atomic E-state index is -0.276. The topological polar surface area (TPSA) is 39.9 Å². The second-order valence-electron chi connectivity index (χ2n) is 6.20. The summed E-state index contributed by atoms with van der Waals surface area (Å²) >= 11 is 0. The highest BCUT2D eigenvalue weighted by Crippen LogP contribution is 2.32. The molecule has 2 aromatic carbocycles. The molecule has 26 heavy (non-hydrogen) atoms. The number of nitrogens with zero attached hydrogens (tertiary/aromatic N) is 3.